The van der Waals surface area contributed by atoms with Crippen LogP contribution in [0.5, 0.6) is 0 Å². The number of carbonyl (C=O) groups excluding carboxylic acids is 2. The van der Waals surface area contributed by atoms with Crippen molar-refractivity contribution in [3.05, 3.63) is 72.8 Å². The first kappa shape index (κ1) is 19.8. The van der Waals surface area contributed by atoms with E-state index in [-0.39, 0.29) is 16.3 Å². The van der Waals surface area contributed by atoms with Crippen LogP contribution in [-0.2, 0) is 9.53 Å². The molecule has 2 rings (SSSR count). The van der Waals surface area contributed by atoms with Gasteiger partial charge in [-0.1, -0.05) is 23.7 Å². The summed E-state index contributed by atoms with van der Waals surface area (Å²) in [6.07, 6.45) is 0. The molecule has 0 saturated heterocycles. The minimum Gasteiger partial charge on any atom is -0.452 e. The number of aryl methyl sites for hydroxylation is 1. The molecule has 27 heavy (non-hydrogen) atoms. The lowest BCUT2D eigenvalue weighted by atomic mass is 10.1. The summed E-state index contributed by atoms with van der Waals surface area (Å²) in [5.41, 5.74) is -0.978. The number of amides is 1. The molecular formula is C16H12ClN3O7. The molecule has 1 N–H and O–H groups in total. The zero-order valence-electron chi connectivity index (χ0n) is 13.8. The van der Waals surface area contributed by atoms with E-state index in [2.05, 4.69) is 5.32 Å². The van der Waals surface area contributed by atoms with Gasteiger partial charge in [0.1, 0.15) is 11.3 Å². The van der Waals surface area contributed by atoms with Crippen molar-refractivity contribution in [1.29, 1.82) is 0 Å². The third-order valence-electron chi connectivity index (χ3n) is 3.42. The molecule has 0 atom stereocenters. The second-order valence-electron chi connectivity index (χ2n) is 5.27. The number of carbonyl (C=O) groups is 2. The van der Waals surface area contributed by atoms with Gasteiger partial charge < -0.3 is 10.1 Å². The number of hydrogen-bond acceptors (Lipinski definition) is 7. The molecule has 0 saturated carbocycles. The lowest BCUT2D eigenvalue weighted by Crippen LogP contribution is -2.22. The van der Waals surface area contributed by atoms with Gasteiger partial charge in [-0.15, -0.1) is 0 Å². The van der Waals surface area contributed by atoms with E-state index < -0.39 is 39.7 Å². The molecule has 0 heterocycles. The predicted molar refractivity (Wildman–Crippen MR) is 94.9 cm³/mol. The number of halogens is 1. The van der Waals surface area contributed by atoms with Gasteiger partial charge in [0.25, 0.3) is 17.3 Å². The average Bonchev–Trinajstić information content (AvgIpc) is 2.60. The smallest absolute Gasteiger partial charge is 0.345 e. The lowest BCUT2D eigenvalue weighted by molar-refractivity contribution is -0.385. The van der Waals surface area contributed by atoms with Crippen LogP contribution in [0, 0.1) is 27.2 Å². The Balaban J connectivity index is 2.10. The summed E-state index contributed by atoms with van der Waals surface area (Å²) in [6, 6.07) is 7.66. The SMILES string of the molecule is Cc1cccc([N+](=O)[O-])c1C(=O)OCC(=O)Nc1ccc(Cl)cc1[N+](=O)[O-]. The number of nitrogens with zero attached hydrogens (tertiary/aromatic N) is 2. The topological polar surface area (TPSA) is 142 Å². The average molecular weight is 394 g/mol. The first-order valence-corrected chi connectivity index (χ1v) is 7.73. The van der Waals surface area contributed by atoms with Crippen molar-refractivity contribution < 1.29 is 24.2 Å². The highest BCUT2D eigenvalue weighted by Crippen LogP contribution is 2.28. The van der Waals surface area contributed by atoms with Crippen LogP contribution in [0.1, 0.15) is 15.9 Å². The number of anilines is 1. The van der Waals surface area contributed by atoms with E-state index in [0.29, 0.717) is 5.56 Å². The fraction of sp³-hybridized carbons (Fsp3) is 0.125. The minimum absolute atomic E-state index is 0.109. The van der Waals surface area contributed by atoms with E-state index in [4.69, 9.17) is 16.3 Å². The predicted octanol–water partition coefficient (Wildman–Crippen LogP) is 3.26. The second kappa shape index (κ2) is 8.23. The molecule has 1 amide bonds. The van der Waals surface area contributed by atoms with Crippen molar-refractivity contribution in [3.63, 3.8) is 0 Å². The van der Waals surface area contributed by atoms with E-state index in [1.54, 1.807) is 0 Å². The number of nitro benzene ring substituents is 2. The summed E-state index contributed by atoms with van der Waals surface area (Å²) in [6.45, 7) is 0.699. The maximum Gasteiger partial charge on any atom is 0.345 e. The van der Waals surface area contributed by atoms with Crippen molar-refractivity contribution in [2.24, 2.45) is 0 Å². The fourth-order valence-electron chi connectivity index (χ4n) is 2.22. The highest BCUT2D eigenvalue weighted by molar-refractivity contribution is 6.31. The van der Waals surface area contributed by atoms with Gasteiger partial charge in [0.2, 0.25) is 0 Å². The van der Waals surface area contributed by atoms with Crippen LogP contribution in [0.25, 0.3) is 0 Å². The van der Waals surface area contributed by atoms with Crippen LogP contribution in [0.4, 0.5) is 17.1 Å². The number of esters is 1. The summed E-state index contributed by atoms with van der Waals surface area (Å²) in [5, 5.41) is 24.4. The quantitative estimate of drug-likeness (QED) is 0.450. The van der Waals surface area contributed by atoms with Crippen molar-refractivity contribution in [2.45, 2.75) is 6.92 Å². The van der Waals surface area contributed by atoms with Gasteiger partial charge in [0.05, 0.1) is 9.85 Å². The van der Waals surface area contributed by atoms with Gasteiger partial charge in [-0.2, -0.15) is 0 Å². The van der Waals surface area contributed by atoms with Crippen molar-refractivity contribution in [1.82, 2.24) is 0 Å². The van der Waals surface area contributed by atoms with Crippen LogP contribution in [0.15, 0.2) is 36.4 Å². The van der Waals surface area contributed by atoms with E-state index in [1.165, 1.54) is 31.2 Å². The molecule has 0 spiro atoms. The molecule has 0 aromatic heterocycles. The van der Waals surface area contributed by atoms with Gasteiger partial charge in [-0.3, -0.25) is 25.0 Å². The summed E-state index contributed by atoms with van der Waals surface area (Å²) < 4.78 is 4.81. The largest absolute Gasteiger partial charge is 0.452 e. The Bertz CT molecular complexity index is 946. The maximum atomic E-state index is 12.1. The first-order chi connectivity index (χ1) is 12.7. The number of nitro groups is 2. The Hall–Kier alpha value is -3.53. The number of hydrogen-bond donors (Lipinski definition) is 1. The maximum absolute atomic E-state index is 12.1. The number of rotatable bonds is 6. The monoisotopic (exact) mass is 393 g/mol. The normalized spacial score (nSPS) is 10.1. The Morgan fingerprint density at radius 3 is 2.41 bits per heavy atom. The van der Waals surface area contributed by atoms with Gasteiger partial charge in [-0.05, 0) is 24.6 Å². The van der Waals surface area contributed by atoms with Crippen LogP contribution in [0.3, 0.4) is 0 Å². The summed E-state index contributed by atoms with van der Waals surface area (Å²) in [5.74, 6) is -1.91. The number of benzene rings is 2. The zero-order chi connectivity index (χ0) is 20.1. The third-order valence-corrected chi connectivity index (χ3v) is 3.65. The molecule has 0 aliphatic rings. The molecule has 0 radical (unpaired) electrons. The fourth-order valence-corrected chi connectivity index (χ4v) is 2.39. The van der Waals surface area contributed by atoms with Crippen LogP contribution >= 0.6 is 11.6 Å². The Morgan fingerprint density at radius 1 is 1.11 bits per heavy atom. The molecule has 2 aromatic rings. The van der Waals surface area contributed by atoms with E-state index in [0.717, 1.165) is 12.1 Å². The molecule has 0 bridgehead atoms. The lowest BCUT2D eigenvalue weighted by Gasteiger charge is -2.09. The third kappa shape index (κ3) is 4.76. The zero-order valence-corrected chi connectivity index (χ0v) is 14.6. The number of ether oxygens (including phenoxy) is 1. The Kier molecular flexibility index (Phi) is 6.03. The molecule has 0 unspecified atom stereocenters. The van der Waals surface area contributed by atoms with E-state index in [9.17, 15) is 29.8 Å². The van der Waals surface area contributed by atoms with Crippen LogP contribution in [0.2, 0.25) is 5.02 Å². The van der Waals surface area contributed by atoms with Crippen LogP contribution < -0.4 is 5.32 Å². The van der Waals surface area contributed by atoms with Gasteiger partial charge >= 0.3 is 5.97 Å². The second-order valence-corrected chi connectivity index (χ2v) is 5.71. The summed E-state index contributed by atoms with van der Waals surface area (Å²) in [4.78, 5) is 44.6. The summed E-state index contributed by atoms with van der Waals surface area (Å²) in [7, 11) is 0. The van der Waals surface area contributed by atoms with Crippen molar-refractivity contribution >= 4 is 40.5 Å². The minimum atomic E-state index is -1.06. The van der Waals surface area contributed by atoms with Crippen molar-refractivity contribution in [3.8, 4) is 0 Å². The molecule has 0 aliphatic heterocycles. The Morgan fingerprint density at radius 2 is 1.78 bits per heavy atom. The van der Waals surface area contributed by atoms with Crippen molar-refractivity contribution in [2.75, 3.05) is 11.9 Å². The molecule has 0 fully saturated rings. The first-order valence-electron chi connectivity index (χ1n) is 7.35. The standard InChI is InChI=1S/C16H12ClN3O7/c1-9-3-2-4-12(19(23)24)15(9)16(22)27-8-14(21)18-11-6-5-10(17)7-13(11)20(25)26/h2-7H,8H2,1H3,(H,18,21). The van der Waals surface area contributed by atoms with Gasteiger partial charge in [0, 0.05) is 17.2 Å². The number of nitrogens with one attached hydrogen (secondary N) is 1. The highest BCUT2D eigenvalue weighted by atomic mass is 35.5. The Labute approximate surface area is 157 Å². The van der Waals surface area contributed by atoms with E-state index >= 15 is 0 Å². The van der Waals surface area contributed by atoms with Crippen LogP contribution in [-0.4, -0.2) is 28.3 Å². The van der Waals surface area contributed by atoms with Gasteiger partial charge in [0.15, 0.2) is 6.61 Å². The van der Waals surface area contributed by atoms with E-state index in [1.807, 2.05) is 0 Å². The highest BCUT2D eigenvalue weighted by Gasteiger charge is 2.24. The molecular weight excluding hydrogens is 382 g/mol. The molecule has 11 heteroatoms. The summed E-state index contributed by atoms with van der Waals surface area (Å²) >= 11 is 5.68. The van der Waals surface area contributed by atoms with Gasteiger partial charge in [-0.25, -0.2) is 4.79 Å². The molecule has 0 aliphatic carbocycles. The molecule has 2 aromatic carbocycles. The molecule has 10 nitrogen and oxygen atoms in total. The molecule has 140 valence electrons.